The number of ether oxygens (including phenoxy) is 1. The number of hydrogen-bond acceptors (Lipinski definition) is 4. The molecule has 1 aliphatic carbocycles. The fraction of sp³-hybridized carbons (Fsp3) is 0.429. The van der Waals surface area contributed by atoms with Crippen molar-refractivity contribution in [1.82, 2.24) is 15.1 Å². The first-order valence-corrected chi connectivity index (χ1v) is 12.4. The number of aromatic nitrogens is 2. The summed E-state index contributed by atoms with van der Waals surface area (Å²) in [5, 5.41) is 10.5. The number of anilines is 1. The summed E-state index contributed by atoms with van der Waals surface area (Å²) >= 11 is 0. The van der Waals surface area contributed by atoms with E-state index in [4.69, 9.17) is 4.74 Å². The Morgan fingerprint density at radius 2 is 1.97 bits per heavy atom. The quantitative estimate of drug-likeness (QED) is 0.374. The van der Waals surface area contributed by atoms with Gasteiger partial charge in [0.1, 0.15) is 11.6 Å². The normalized spacial score (nSPS) is 13.3. The second-order valence-corrected chi connectivity index (χ2v) is 9.72. The Bertz CT molecular complexity index is 1180. The van der Waals surface area contributed by atoms with E-state index >= 15 is 0 Å². The molecule has 1 aromatic heterocycles. The van der Waals surface area contributed by atoms with Gasteiger partial charge in [-0.1, -0.05) is 32.9 Å². The van der Waals surface area contributed by atoms with E-state index in [0.29, 0.717) is 42.9 Å². The van der Waals surface area contributed by atoms with Gasteiger partial charge in [-0.05, 0) is 68.0 Å². The summed E-state index contributed by atoms with van der Waals surface area (Å²) in [6, 6.07) is 12.8. The molecule has 0 bridgehead atoms. The topological polar surface area (TPSA) is 68.2 Å². The summed E-state index contributed by atoms with van der Waals surface area (Å²) in [6.07, 6.45) is 2.47. The molecule has 6 nitrogen and oxygen atoms in total. The molecular formula is C28H35FN4O2. The van der Waals surface area contributed by atoms with Gasteiger partial charge in [-0.2, -0.15) is 5.10 Å². The Hall–Kier alpha value is -3.19. The average Bonchev–Trinajstić information content (AvgIpc) is 3.62. The van der Waals surface area contributed by atoms with Crippen LogP contribution in [0.5, 0.6) is 5.75 Å². The lowest BCUT2D eigenvalue weighted by Crippen LogP contribution is -2.16. The second kappa shape index (κ2) is 11.0. The number of rotatable bonds is 11. The van der Waals surface area contributed by atoms with Crippen molar-refractivity contribution in [3.05, 3.63) is 76.2 Å². The van der Waals surface area contributed by atoms with Crippen LogP contribution in [0.3, 0.4) is 0 Å². The lowest BCUT2D eigenvalue weighted by Gasteiger charge is -2.15. The van der Waals surface area contributed by atoms with Crippen LogP contribution in [0.4, 0.5) is 10.2 Å². The van der Waals surface area contributed by atoms with Crippen molar-refractivity contribution in [1.29, 1.82) is 0 Å². The van der Waals surface area contributed by atoms with Crippen molar-refractivity contribution in [2.45, 2.75) is 59.5 Å². The number of benzene rings is 2. The SMILES string of the molecule is CCNCc1ccc(C(=O)Nc2cc(C)n(Cc3cc(C4CC4)ccc3OCC(C)C)n2)cc1F. The molecular weight excluding hydrogens is 443 g/mol. The van der Waals surface area contributed by atoms with E-state index in [1.54, 1.807) is 12.1 Å². The van der Waals surface area contributed by atoms with Crippen LogP contribution in [0, 0.1) is 18.7 Å². The predicted octanol–water partition coefficient (Wildman–Crippen LogP) is 5.65. The Kier molecular flexibility index (Phi) is 7.86. The van der Waals surface area contributed by atoms with Crippen molar-refractivity contribution in [3.63, 3.8) is 0 Å². The number of carbonyl (C=O) groups excluding carboxylic acids is 1. The molecule has 0 spiro atoms. The van der Waals surface area contributed by atoms with E-state index in [-0.39, 0.29) is 11.5 Å². The number of nitrogens with zero attached hydrogens (tertiary/aromatic N) is 2. The molecule has 4 rings (SSSR count). The van der Waals surface area contributed by atoms with Crippen LogP contribution in [0.1, 0.15) is 72.3 Å². The zero-order valence-electron chi connectivity index (χ0n) is 21.0. The fourth-order valence-corrected chi connectivity index (χ4v) is 3.96. The molecule has 7 heteroatoms. The van der Waals surface area contributed by atoms with Crippen LogP contribution in [0.15, 0.2) is 42.5 Å². The molecule has 0 aliphatic heterocycles. The third kappa shape index (κ3) is 6.48. The standard InChI is InChI=1S/C28H35FN4O2/c1-5-30-15-23-9-8-22(14-25(23)29)28(34)31-27-12-19(4)33(32-27)16-24-13-21(20-6-7-20)10-11-26(24)35-17-18(2)3/h8-14,18,20,30H,5-7,15-17H2,1-4H3,(H,31,32,34). The van der Waals surface area contributed by atoms with Gasteiger partial charge in [-0.15, -0.1) is 0 Å². The summed E-state index contributed by atoms with van der Waals surface area (Å²) in [5.74, 6) is 1.60. The second-order valence-electron chi connectivity index (χ2n) is 9.72. The third-order valence-electron chi connectivity index (χ3n) is 6.13. The molecule has 0 atom stereocenters. The summed E-state index contributed by atoms with van der Waals surface area (Å²) in [5.41, 5.74) is 4.13. The van der Waals surface area contributed by atoms with Gasteiger partial charge in [0, 0.05) is 35.0 Å². The van der Waals surface area contributed by atoms with E-state index in [0.717, 1.165) is 23.6 Å². The van der Waals surface area contributed by atoms with Gasteiger partial charge < -0.3 is 15.4 Å². The Balaban J connectivity index is 1.48. The highest BCUT2D eigenvalue weighted by molar-refractivity contribution is 6.03. The maximum atomic E-state index is 14.4. The molecule has 3 aromatic rings. The van der Waals surface area contributed by atoms with Gasteiger partial charge in [0.2, 0.25) is 0 Å². The zero-order valence-corrected chi connectivity index (χ0v) is 21.0. The van der Waals surface area contributed by atoms with Gasteiger partial charge in [0.05, 0.1) is 13.2 Å². The van der Waals surface area contributed by atoms with Crippen molar-refractivity contribution >= 4 is 11.7 Å². The Labute approximate surface area is 206 Å². The largest absolute Gasteiger partial charge is 0.493 e. The highest BCUT2D eigenvalue weighted by Gasteiger charge is 2.24. The van der Waals surface area contributed by atoms with E-state index in [1.165, 1.54) is 24.5 Å². The first-order chi connectivity index (χ1) is 16.8. The Morgan fingerprint density at radius 1 is 1.17 bits per heavy atom. The molecule has 1 heterocycles. The van der Waals surface area contributed by atoms with Gasteiger partial charge in [-0.25, -0.2) is 4.39 Å². The lowest BCUT2D eigenvalue weighted by atomic mass is 10.1. The molecule has 35 heavy (non-hydrogen) atoms. The van der Waals surface area contributed by atoms with Gasteiger partial charge in [0.15, 0.2) is 5.82 Å². The van der Waals surface area contributed by atoms with E-state index in [1.807, 2.05) is 24.6 Å². The summed E-state index contributed by atoms with van der Waals surface area (Å²) in [6.45, 7) is 10.6. The molecule has 1 saturated carbocycles. The third-order valence-corrected chi connectivity index (χ3v) is 6.13. The molecule has 0 unspecified atom stereocenters. The molecule has 2 aromatic carbocycles. The molecule has 1 aliphatic rings. The highest BCUT2D eigenvalue weighted by Crippen LogP contribution is 2.41. The van der Waals surface area contributed by atoms with Gasteiger partial charge in [0.25, 0.3) is 5.91 Å². The molecule has 0 saturated heterocycles. The monoisotopic (exact) mass is 478 g/mol. The predicted molar refractivity (Wildman–Crippen MR) is 137 cm³/mol. The molecule has 0 radical (unpaired) electrons. The number of aryl methyl sites for hydroxylation is 1. The van der Waals surface area contributed by atoms with Crippen LogP contribution in [-0.2, 0) is 13.1 Å². The number of nitrogens with one attached hydrogen (secondary N) is 2. The molecule has 2 N–H and O–H groups in total. The maximum absolute atomic E-state index is 14.4. The average molecular weight is 479 g/mol. The highest BCUT2D eigenvalue weighted by atomic mass is 19.1. The molecule has 1 amide bonds. The fourth-order valence-electron chi connectivity index (χ4n) is 3.96. The number of halogens is 1. The van der Waals surface area contributed by atoms with Crippen molar-refractivity contribution in [3.8, 4) is 5.75 Å². The summed E-state index contributed by atoms with van der Waals surface area (Å²) in [4.78, 5) is 12.7. The number of hydrogen-bond donors (Lipinski definition) is 2. The van der Waals surface area contributed by atoms with E-state index in [2.05, 4.69) is 47.8 Å². The first-order valence-electron chi connectivity index (χ1n) is 12.4. The van der Waals surface area contributed by atoms with Gasteiger partial charge >= 0.3 is 0 Å². The van der Waals surface area contributed by atoms with E-state index in [9.17, 15) is 9.18 Å². The molecule has 1 fully saturated rings. The zero-order chi connectivity index (χ0) is 24.9. The maximum Gasteiger partial charge on any atom is 0.256 e. The summed E-state index contributed by atoms with van der Waals surface area (Å²) in [7, 11) is 0. The van der Waals surface area contributed by atoms with Crippen LogP contribution in [-0.4, -0.2) is 28.8 Å². The van der Waals surface area contributed by atoms with Crippen LogP contribution in [0.2, 0.25) is 0 Å². The summed E-state index contributed by atoms with van der Waals surface area (Å²) < 4.78 is 22.3. The van der Waals surface area contributed by atoms with Crippen LogP contribution >= 0.6 is 0 Å². The minimum absolute atomic E-state index is 0.261. The van der Waals surface area contributed by atoms with Crippen LogP contribution in [0.25, 0.3) is 0 Å². The minimum Gasteiger partial charge on any atom is -0.493 e. The lowest BCUT2D eigenvalue weighted by molar-refractivity contribution is 0.102. The van der Waals surface area contributed by atoms with Crippen LogP contribution < -0.4 is 15.4 Å². The van der Waals surface area contributed by atoms with E-state index < -0.39 is 5.82 Å². The van der Waals surface area contributed by atoms with Crippen molar-refractivity contribution in [2.24, 2.45) is 5.92 Å². The minimum atomic E-state index is -0.398. The molecule has 186 valence electrons. The smallest absolute Gasteiger partial charge is 0.256 e. The van der Waals surface area contributed by atoms with Gasteiger partial charge in [-0.3, -0.25) is 9.48 Å². The Morgan fingerprint density at radius 3 is 2.66 bits per heavy atom. The first kappa shape index (κ1) is 24.9. The number of carbonyl (C=O) groups is 1. The van der Waals surface area contributed by atoms with Crippen molar-refractivity contribution in [2.75, 3.05) is 18.5 Å². The van der Waals surface area contributed by atoms with Crippen molar-refractivity contribution < 1.29 is 13.9 Å². The number of amides is 1.